The molecule has 3 rings (SSSR count). The van der Waals surface area contributed by atoms with Crippen molar-refractivity contribution >= 4 is 61.8 Å². The van der Waals surface area contributed by atoms with Gasteiger partial charge in [-0.1, -0.05) is 29.3 Å². The average molecular weight is 405 g/mol. The lowest BCUT2D eigenvalue weighted by atomic mass is 10.2. The molecule has 108 valence electrons. The maximum Gasteiger partial charge on any atom is 0.129 e. The van der Waals surface area contributed by atoms with Crippen LogP contribution in [0.1, 0.15) is 11.4 Å². The SMILES string of the molecule is Cc1cc(Br)c(-n2c(CCl)nc3cccc(Cl)c32)cc1Cl. The van der Waals surface area contributed by atoms with Crippen LogP contribution in [0.25, 0.3) is 16.7 Å². The van der Waals surface area contributed by atoms with E-state index >= 15 is 0 Å². The normalized spacial score (nSPS) is 11.3. The number of benzene rings is 2. The largest absolute Gasteiger partial charge is 0.293 e. The van der Waals surface area contributed by atoms with E-state index in [-0.39, 0.29) is 5.88 Å². The van der Waals surface area contributed by atoms with E-state index in [1.807, 2.05) is 41.8 Å². The first-order valence-corrected chi connectivity index (χ1v) is 8.29. The van der Waals surface area contributed by atoms with Crippen LogP contribution < -0.4 is 0 Å². The smallest absolute Gasteiger partial charge is 0.129 e. The highest BCUT2D eigenvalue weighted by Gasteiger charge is 2.17. The van der Waals surface area contributed by atoms with E-state index in [1.54, 1.807) is 0 Å². The van der Waals surface area contributed by atoms with Crippen LogP contribution in [0, 0.1) is 6.92 Å². The van der Waals surface area contributed by atoms with Gasteiger partial charge in [0.05, 0.1) is 27.6 Å². The summed E-state index contributed by atoms with van der Waals surface area (Å²) in [5.41, 5.74) is 3.50. The Balaban J connectivity index is 2.41. The first-order valence-electron chi connectivity index (χ1n) is 6.20. The summed E-state index contributed by atoms with van der Waals surface area (Å²) in [5.74, 6) is 1.00. The summed E-state index contributed by atoms with van der Waals surface area (Å²) in [6.45, 7) is 1.96. The summed E-state index contributed by atoms with van der Waals surface area (Å²) in [5, 5.41) is 1.31. The predicted octanol–water partition coefficient (Wildman–Crippen LogP) is 6.14. The van der Waals surface area contributed by atoms with E-state index in [0.717, 1.165) is 32.6 Å². The molecular formula is C15H10BrCl3N2. The lowest BCUT2D eigenvalue weighted by Crippen LogP contribution is -2.01. The second-order valence-electron chi connectivity index (χ2n) is 4.66. The van der Waals surface area contributed by atoms with Gasteiger partial charge in [0.15, 0.2) is 0 Å². The molecule has 1 aromatic heterocycles. The van der Waals surface area contributed by atoms with Crippen molar-refractivity contribution in [2.75, 3.05) is 0 Å². The highest BCUT2D eigenvalue weighted by atomic mass is 79.9. The minimum absolute atomic E-state index is 0.281. The summed E-state index contributed by atoms with van der Waals surface area (Å²) >= 11 is 22.3. The highest BCUT2D eigenvalue weighted by Crippen LogP contribution is 2.34. The molecule has 2 aromatic carbocycles. The van der Waals surface area contributed by atoms with Gasteiger partial charge in [-0.3, -0.25) is 4.57 Å². The fourth-order valence-corrected chi connectivity index (χ4v) is 3.52. The summed E-state index contributed by atoms with van der Waals surface area (Å²) in [6, 6.07) is 9.48. The second-order valence-corrected chi connectivity index (χ2v) is 6.59. The molecule has 3 aromatic rings. The molecule has 0 radical (unpaired) electrons. The Kier molecular flexibility index (Phi) is 4.19. The topological polar surface area (TPSA) is 17.8 Å². The number of imidazole rings is 1. The molecule has 0 saturated heterocycles. The van der Waals surface area contributed by atoms with Crippen molar-refractivity contribution in [1.29, 1.82) is 0 Å². The van der Waals surface area contributed by atoms with Crippen molar-refractivity contribution in [3.63, 3.8) is 0 Å². The van der Waals surface area contributed by atoms with Gasteiger partial charge in [-0.25, -0.2) is 4.98 Å². The van der Waals surface area contributed by atoms with Gasteiger partial charge in [-0.15, -0.1) is 11.6 Å². The number of rotatable bonds is 2. The average Bonchev–Trinajstić information content (AvgIpc) is 2.82. The van der Waals surface area contributed by atoms with Gasteiger partial charge in [0.25, 0.3) is 0 Å². The Morgan fingerprint density at radius 1 is 1.19 bits per heavy atom. The van der Waals surface area contributed by atoms with E-state index in [9.17, 15) is 0 Å². The van der Waals surface area contributed by atoms with Crippen LogP contribution in [-0.2, 0) is 5.88 Å². The zero-order chi connectivity index (χ0) is 15.1. The molecule has 21 heavy (non-hydrogen) atoms. The molecule has 0 N–H and O–H groups in total. The number of fused-ring (bicyclic) bond motifs is 1. The minimum Gasteiger partial charge on any atom is -0.293 e. The maximum absolute atomic E-state index is 6.35. The van der Waals surface area contributed by atoms with Crippen LogP contribution in [0.3, 0.4) is 0 Å². The van der Waals surface area contributed by atoms with Gasteiger partial charge in [0, 0.05) is 9.50 Å². The van der Waals surface area contributed by atoms with Gasteiger partial charge in [-0.2, -0.15) is 0 Å². The Hall–Kier alpha value is -0.740. The van der Waals surface area contributed by atoms with Gasteiger partial charge in [0.2, 0.25) is 0 Å². The molecule has 2 nitrogen and oxygen atoms in total. The van der Waals surface area contributed by atoms with Crippen LogP contribution in [0.4, 0.5) is 0 Å². The Morgan fingerprint density at radius 2 is 1.95 bits per heavy atom. The summed E-state index contributed by atoms with van der Waals surface area (Å²) in [7, 11) is 0. The highest BCUT2D eigenvalue weighted by molar-refractivity contribution is 9.10. The van der Waals surface area contributed by atoms with Crippen LogP contribution in [0.5, 0.6) is 0 Å². The number of alkyl halides is 1. The molecule has 0 fully saturated rings. The summed E-state index contributed by atoms with van der Waals surface area (Å²) in [4.78, 5) is 4.54. The molecule has 0 saturated carbocycles. The molecule has 0 aliphatic rings. The predicted molar refractivity (Wildman–Crippen MR) is 93.1 cm³/mol. The van der Waals surface area contributed by atoms with E-state index in [1.165, 1.54) is 0 Å². The lowest BCUT2D eigenvalue weighted by Gasteiger charge is -2.12. The van der Waals surface area contributed by atoms with E-state index in [2.05, 4.69) is 20.9 Å². The molecule has 0 aliphatic carbocycles. The number of para-hydroxylation sites is 1. The molecule has 0 amide bonds. The van der Waals surface area contributed by atoms with Crippen molar-refractivity contribution in [2.24, 2.45) is 0 Å². The first kappa shape index (κ1) is 15.2. The number of aromatic nitrogens is 2. The molecule has 0 aliphatic heterocycles. The monoisotopic (exact) mass is 402 g/mol. The standard InChI is InChI=1S/C15H10BrCl3N2/c1-8-5-9(16)13(6-11(8)19)21-14(7-17)20-12-4-2-3-10(18)15(12)21/h2-6H,7H2,1H3. The van der Waals surface area contributed by atoms with Gasteiger partial charge in [0.1, 0.15) is 5.82 Å². The van der Waals surface area contributed by atoms with Crippen molar-refractivity contribution < 1.29 is 0 Å². The van der Waals surface area contributed by atoms with Gasteiger partial charge >= 0.3 is 0 Å². The third-order valence-electron chi connectivity index (χ3n) is 3.29. The van der Waals surface area contributed by atoms with Gasteiger partial charge < -0.3 is 0 Å². The molecule has 6 heteroatoms. The fourth-order valence-electron chi connectivity index (χ4n) is 2.29. The quantitative estimate of drug-likeness (QED) is 0.469. The van der Waals surface area contributed by atoms with E-state index in [4.69, 9.17) is 34.8 Å². The van der Waals surface area contributed by atoms with Crippen LogP contribution in [0.2, 0.25) is 10.0 Å². The third-order valence-corrected chi connectivity index (χ3v) is 4.87. The van der Waals surface area contributed by atoms with Crippen LogP contribution in [-0.4, -0.2) is 9.55 Å². The number of aryl methyl sites for hydroxylation is 1. The zero-order valence-electron chi connectivity index (χ0n) is 11.0. The fraction of sp³-hybridized carbons (Fsp3) is 0.133. The summed E-state index contributed by atoms with van der Waals surface area (Å²) in [6.07, 6.45) is 0. The van der Waals surface area contributed by atoms with Crippen molar-refractivity contribution in [3.05, 3.63) is 56.2 Å². The van der Waals surface area contributed by atoms with Crippen molar-refractivity contribution in [2.45, 2.75) is 12.8 Å². The van der Waals surface area contributed by atoms with Crippen molar-refractivity contribution in [3.8, 4) is 5.69 Å². The number of halogens is 4. The Bertz CT molecular complexity index is 843. The Morgan fingerprint density at radius 3 is 2.67 bits per heavy atom. The van der Waals surface area contributed by atoms with Crippen LogP contribution in [0.15, 0.2) is 34.8 Å². The van der Waals surface area contributed by atoms with E-state index < -0.39 is 0 Å². The molecule has 1 heterocycles. The molecule has 0 bridgehead atoms. The Labute approximate surface area is 145 Å². The molecular weight excluding hydrogens is 394 g/mol. The zero-order valence-corrected chi connectivity index (χ0v) is 14.9. The number of nitrogens with zero attached hydrogens (tertiary/aromatic N) is 2. The third kappa shape index (κ3) is 2.57. The first-order chi connectivity index (χ1) is 10.0. The summed E-state index contributed by atoms with van der Waals surface area (Å²) < 4.78 is 2.86. The van der Waals surface area contributed by atoms with Crippen molar-refractivity contribution in [1.82, 2.24) is 9.55 Å². The van der Waals surface area contributed by atoms with E-state index in [0.29, 0.717) is 10.0 Å². The number of hydrogen-bond donors (Lipinski definition) is 0. The molecule has 0 atom stereocenters. The maximum atomic E-state index is 6.35. The molecule has 0 unspecified atom stereocenters. The van der Waals surface area contributed by atoms with Gasteiger partial charge in [-0.05, 0) is 52.7 Å². The molecule has 0 spiro atoms. The number of hydrogen-bond acceptors (Lipinski definition) is 1. The lowest BCUT2D eigenvalue weighted by molar-refractivity contribution is 0.976. The minimum atomic E-state index is 0.281. The second kappa shape index (κ2) is 5.81. The van der Waals surface area contributed by atoms with Crippen LogP contribution >= 0.6 is 50.7 Å².